The van der Waals surface area contributed by atoms with Crippen LogP contribution in [-0.2, 0) is 0 Å². The molecule has 1 aromatic carbocycles. The maximum Gasteiger partial charge on any atom is 0.261 e. The Morgan fingerprint density at radius 1 is 1.45 bits per heavy atom. The van der Waals surface area contributed by atoms with Gasteiger partial charge in [-0.2, -0.15) is 0 Å². The highest BCUT2D eigenvalue weighted by Gasteiger charge is 2.05. The van der Waals surface area contributed by atoms with Crippen LogP contribution in [0.5, 0.6) is 5.75 Å². The van der Waals surface area contributed by atoms with Crippen LogP contribution < -0.4 is 5.11 Å². The normalized spacial score (nSPS) is 9.55. The molecule has 0 saturated carbocycles. The van der Waals surface area contributed by atoms with Crippen molar-refractivity contribution in [1.82, 2.24) is 0 Å². The standard InChI is InChI=1S/C7H7NO3/c1-5-3-2-4-6(7(5)9)8(10)11/h2-4,9H,1H3/p-1. The Morgan fingerprint density at radius 3 is 2.55 bits per heavy atom. The van der Waals surface area contributed by atoms with Gasteiger partial charge in [0.2, 0.25) is 0 Å². The number of benzene rings is 1. The number of rotatable bonds is 1. The summed E-state index contributed by atoms with van der Waals surface area (Å²) in [5, 5.41) is 21.1. The van der Waals surface area contributed by atoms with Gasteiger partial charge in [0.1, 0.15) is 0 Å². The SMILES string of the molecule is Cc1cccc([N+](=O)[O-])c1[O-]. The summed E-state index contributed by atoms with van der Waals surface area (Å²) in [6, 6.07) is 4.25. The van der Waals surface area contributed by atoms with Crippen molar-refractivity contribution in [2.75, 3.05) is 0 Å². The first-order chi connectivity index (χ1) is 5.13. The highest BCUT2D eigenvalue weighted by Crippen LogP contribution is 2.25. The van der Waals surface area contributed by atoms with Crippen LogP contribution in [0.1, 0.15) is 5.56 Å². The van der Waals surface area contributed by atoms with Crippen molar-refractivity contribution < 1.29 is 10.0 Å². The van der Waals surface area contributed by atoms with Gasteiger partial charge in [-0.1, -0.05) is 17.7 Å². The van der Waals surface area contributed by atoms with Crippen molar-refractivity contribution in [3.63, 3.8) is 0 Å². The first-order valence-corrected chi connectivity index (χ1v) is 3.04. The Labute approximate surface area is 63.2 Å². The van der Waals surface area contributed by atoms with Crippen LogP contribution in [0, 0.1) is 17.0 Å². The molecular weight excluding hydrogens is 146 g/mol. The van der Waals surface area contributed by atoms with Crippen LogP contribution in [0.25, 0.3) is 0 Å². The fraction of sp³-hybridized carbons (Fsp3) is 0.143. The molecule has 0 heterocycles. The average molecular weight is 152 g/mol. The lowest BCUT2D eigenvalue weighted by Gasteiger charge is -2.08. The van der Waals surface area contributed by atoms with E-state index >= 15 is 0 Å². The zero-order chi connectivity index (χ0) is 8.43. The van der Waals surface area contributed by atoms with Crippen LogP contribution in [0.4, 0.5) is 5.69 Å². The summed E-state index contributed by atoms with van der Waals surface area (Å²) < 4.78 is 0. The van der Waals surface area contributed by atoms with Crippen molar-refractivity contribution in [2.45, 2.75) is 6.92 Å². The molecular formula is C7H6NO3-. The molecule has 4 nitrogen and oxygen atoms in total. The predicted molar refractivity (Wildman–Crippen MR) is 37.3 cm³/mol. The van der Waals surface area contributed by atoms with E-state index in [1.165, 1.54) is 12.1 Å². The van der Waals surface area contributed by atoms with Gasteiger partial charge in [0.05, 0.1) is 4.92 Å². The monoisotopic (exact) mass is 152 g/mol. The number of hydrogen-bond donors (Lipinski definition) is 0. The fourth-order valence-electron chi connectivity index (χ4n) is 0.781. The Balaban J connectivity index is 3.27. The topological polar surface area (TPSA) is 66.2 Å². The smallest absolute Gasteiger partial charge is 0.261 e. The molecule has 0 aromatic heterocycles. The Morgan fingerprint density at radius 2 is 2.09 bits per heavy atom. The fourth-order valence-corrected chi connectivity index (χ4v) is 0.781. The molecule has 0 aliphatic rings. The molecule has 0 bridgehead atoms. The zero-order valence-corrected chi connectivity index (χ0v) is 5.90. The molecule has 0 amide bonds. The van der Waals surface area contributed by atoms with Crippen molar-refractivity contribution in [1.29, 1.82) is 0 Å². The van der Waals surface area contributed by atoms with Gasteiger partial charge in [0.25, 0.3) is 5.69 Å². The van der Waals surface area contributed by atoms with E-state index in [-0.39, 0.29) is 5.69 Å². The van der Waals surface area contributed by atoms with E-state index in [9.17, 15) is 15.2 Å². The second kappa shape index (κ2) is 2.57. The Kier molecular flexibility index (Phi) is 1.76. The zero-order valence-electron chi connectivity index (χ0n) is 5.90. The second-order valence-corrected chi connectivity index (χ2v) is 2.18. The molecule has 1 rings (SSSR count). The third-order valence-electron chi connectivity index (χ3n) is 1.39. The van der Waals surface area contributed by atoms with Crippen LogP contribution in [0.2, 0.25) is 0 Å². The van der Waals surface area contributed by atoms with Gasteiger partial charge < -0.3 is 5.11 Å². The Bertz CT molecular complexity index is 296. The van der Waals surface area contributed by atoms with Crippen molar-refractivity contribution in [3.8, 4) is 5.75 Å². The molecule has 0 N–H and O–H groups in total. The number of nitro benzene ring substituents is 1. The molecule has 0 saturated heterocycles. The van der Waals surface area contributed by atoms with Crippen LogP contribution >= 0.6 is 0 Å². The summed E-state index contributed by atoms with van der Waals surface area (Å²) >= 11 is 0. The van der Waals surface area contributed by atoms with Gasteiger partial charge in [-0.25, -0.2) is 0 Å². The molecule has 1 aromatic rings. The third kappa shape index (κ3) is 1.29. The summed E-state index contributed by atoms with van der Waals surface area (Å²) in [5.41, 5.74) is 0.0456. The second-order valence-electron chi connectivity index (χ2n) is 2.18. The maximum absolute atomic E-state index is 11.0. The van der Waals surface area contributed by atoms with Gasteiger partial charge in [-0.05, 0) is 12.7 Å². The molecule has 11 heavy (non-hydrogen) atoms. The van der Waals surface area contributed by atoms with Gasteiger partial charge in [-0.3, -0.25) is 10.1 Å². The number of hydrogen-bond acceptors (Lipinski definition) is 3. The first-order valence-electron chi connectivity index (χ1n) is 3.04. The summed E-state index contributed by atoms with van der Waals surface area (Å²) in [6.45, 7) is 1.55. The first kappa shape index (κ1) is 7.53. The minimum Gasteiger partial charge on any atom is -0.868 e. The molecule has 0 unspecified atom stereocenters. The van der Waals surface area contributed by atoms with Crippen LogP contribution in [-0.4, -0.2) is 4.92 Å². The molecule has 0 radical (unpaired) electrons. The largest absolute Gasteiger partial charge is 0.868 e. The number of aryl methyl sites for hydroxylation is 1. The predicted octanol–water partition coefficient (Wildman–Crippen LogP) is 0.977. The molecule has 4 heteroatoms. The minimum absolute atomic E-state index is 0.356. The van der Waals surface area contributed by atoms with Crippen LogP contribution in [0.15, 0.2) is 18.2 Å². The van der Waals surface area contributed by atoms with E-state index in [0.717, 1.165) is 0 Å². The average Bonchev–Trinajstić information content (AvgIpc) is 1.94. The number of nitrogens with zero attached hydrogens (tertiary/aromatic N) is 1. The van der Waals surface area contributed by atoms with E-state index in [0.29, 0.717) is 5.56 Å². The summed E-state index contributed by atoms with van der Waals surface area (Å²) in [5.74, 6) is -0.502. The van der Waals surface area contributed by atoms with Crippen molar-refractivity contribution >= 4 is 5.69 Å². The molecule has 0 atom stereocenters. The van der Waals surface area contributed by atoms with Gasteiger partial charge in [0.15, 0.2) is 0 Å². The van der Waals surface area contributed by atoms with Gasteiger partial charge in [0, 0.05) is 6.07 Å². The van der Waals surface area contributed by atoms with E-state index in [2.05, 4.69) is 0 Å². The maximum atomic E-state index is 11.0. The Hall–Kier alpha value is -1.58. The lowest BCUT2D eigenvalue weighted by molar-refractivity contribution is -0.398. The molecule has 0 fully saturated rings. The summed E-state index contributed by atoms with van der Waals surface area (Å²) in [7, 11) is 0. The molecule has 0 spiro atoms. The summed E-state index contributed by atoms with van der Waals surface area (Å²) in [4.78, 5) is 9.51. The van der Waals surface area contributed by atoms with Gasteiger partial charge in [-0.15, -0.1) is 0 Å². The molecule has 58 valence electrons. The lowest BCUT2D eigenvalue weighted by Crippen LogP contribution is -1.99. The number of nitro groups is 1. The van der Waals surface area contributed by atoms with Gasteiger partial charge >= 0.3 is 0 Å². The van der Waals surface area contributed by atoms with Crippen molar-refractivity contribution in [2.24, 2.45) is 0 Å². The highest BCUT2D eigenvalue weighted by molar-refractivity contribution is 5.48. The lowest BCUT2D eigenvalue weighted by atomic mass is 10.2. The van der Waals surface area contributed by atoms with E-state index in [1.807, 2.05) is 0 Å². The quantitative estimate of drug-likeness (QED) is 0.445. The number of para-hydroxylation sites is 1. The highest BCUT2D eigenvalue weighted by atomic mass is 16.6. The van der Waals surface area contributed by atoms with Crippen molar-refractivity contribution in [3.05, 3.63) is 33.9 Å². The van der Waals surface area contributed by atoms with E-state index in [1.54, 1.807) is 13.0 Å². The molecule has 0 aliphatic carbocycles. The third-order valence-corrected chi connectivity index (χ3v) is 1.39. The minimum atomic E-state index is -0.671. The van der Waals surface area contributed by atoms with Crippen LogP contribution in [0.3, 0.4) is 0 Å². The molecule has 0 aliphatic heterocycles. The summed E-state index contributed by atoms with van der Waals surface area (Å²) in [6.07, 6.45) is 0. The van der Waals surface area contributed by atoms with E-state index in [4.69, 9.17) is 0 Å². The van der Waals surface area contributed by atoms with E-state index < -0.39 is 10.7 Å².